The lowest BCUT2D eigenvalue weighted by Gasteiger charge is -2.31. The van der Waals surface area contributed by atoms with Crippen LogP contribution in [0.15, 0.2) is 8.95 Å². The lowest BCUT2D eigenvalue weighted by Crippen LogP contribution is -2.20. The van der Waals surface area contributed by atoms with Crippen LogP contribution in [0.1, 0.15) is 28.4 Å². The third kappa shape index (κ3) is 1.21. The Morgan fingerprint density at radius 3 is 2.31 bits per heavy atom. The molecule has 3 heteroatoms. The molecule has 1 N–H and O–H groups in total. The molecule has 1 atom stereocenters. The Morgan fingerprint density at radius 2 is 1.77 bits per heavy atom. The number of aliphatic hydroxyl groups is 1. The van der Waals surface area contributed by atoms with Gasteiger partial charge in [0.1, 0.15) is 0 Å². The average molecular weight is 306 g/mol. The van der Waals surface area contributed by atoms with Gasteiger partial charge in [-0.3, -0.25) is 0 Å². The molecule has 0 amide bonds. The van der Waals surface area contributed by atoms with Crippen LogP contribution in [0.5, 0.6) is 0 Å². The molecule has 0 bridgehead atoms. The summed E-state index contributed by atoms with van der Waals surface area (Å²) in [6, 6.07) is 0. The summed E-state index contributed by atoms with van der Waals surface area (Å²) in [5, 5.41) is 9.58. The molecule has 13 heavy (non-hydrogen) atoms. The lowest BCUT2D eigenvalue weighted by atomic mass is 9.81. The van der Waals surface area contributed by atoms with Crippen molar-refractivity contribution in [2.75, 3.05) is 0 Å². The summed E-state index contributed by atoms with van der Waals surface area (Å²) in [4.78, 5) is 0. The van der Waals surface area contributed by atoms with E-state index in [2.05, 4.69) is 38.8 Å². The van der Waals surface area contributed by atoms with Crippen LogP contribution in [0.3, 0.4) is 0 Å². The topological polar surface area (TPSA) is 20.2 Å². The van der Waals surface area contributed by atoms with Crippen LogP contribution in [0.25, 0.3) is 0 Å². The molecule has 1 aliphatic rings. The summed E-state index contributed by atoms with van der Waals surface area (Å²) in [5.74, 6) is 0. The van der Waals surface area contributed by atoms with Gasteiger partial charge in [-0.2, -0.15) is 0 Å². The summed E-state index contributed by atoms with van der Waals surface area (Å²) >= 11 is 7.09. The van der Waals surface area contributed by atoms with Crippen molar-refractivity contribution >= 4 is 31.9 Å². The molecule has 1 aromatic rings. The quantitative estimate of drug-likeness (QED) is 0.779. The zero-order valence-electron chi connectivity index (χ0n) is 7.49. The van der Waals surface area contributed by atoms with Gasteiger partial charge in [0.15, 0.2) is 0 Å². The first-order valence-electron chi connectivity index (χ1n) is 4.19. The van der Waals surface area contributed by atoms with Gasteiger partial charge in [0.2, 0.25) is 0 Å². The zero-order valence-corrected chi connectivity index (χ0v) is 10.7. The Morgan fingerprint density at radius 1 is 1.15 bits per heavy atom. The highest BCUT2D eigenvalue weighted by Gasteiger charge is 2.30. The first-order chi connectivity index (χ1) is 6.04. The molecule has 0 saturated heterocycles. The van der Waals surface area contributed by atoms with Crippen LogP contribution in [0.4, 0.5) is 0 Å². The maximum Gasteiger partial charge on any atom is 0.0836 e. The second-order valence-electron chi connectivity index (χ2n) is 3.49. The average Bonchev–Trinajstić information content (AvgIpc) is 2.08. The number of halogens is 2. The SMILES string of the molecule is Cc1c(Br)c(C)c2c(c1Br)CC2O. The third-order valence-corrected chi connectivity index (χ3v) is 4.98. The van der Waals surface area contributed by atoms with E-state index in [1.807, 2.05) is 6.92 Å². The number of fused-ring (bicyclic) bond motifs is 1. The summed E-state index contributed by atoms with van der Waals surface area (Å²) in [6.45, 7) is 4.12. The van der Waals surface area contributed by atoms with Crippen molar-refractivity contribution < 1.29 is 5.11 Å². The van der Waals surface area contributed by atoms with Crippen molar-refractivity contribution in [2.45, 2.75) is 26.4 Å². The van der Waals surface area contributed by atoms with E-state index in [1.165, 1.54) is 16.7 Å². The molecule has 1 aromatic carbocycles. The number of benzene rings is 1. The van der Waals surface area contributed by atoms with E-state index in [-0.39, 0.29) is 6.10 Å². The highest BCUT2D eigenvalue weighted by molar-refractivity contribution is 9.11. The monoisotopic (exact) mass is 304 g/mol. The summed E-state index contributed by atoms with van der Waals surface area (Å²) in [6.07, 6.45) is 0.522. The van der Waals surface area contributed by atoms with E-state index in [1.54, 1.807) is 0 Å². The van der Waals surface area contributed by atoms with Gasteiger partial charge in [-0.1, -0.05) is 31.9 Å². The minimum absolute atomic E-state index is 0.261. The molecule has 0 aromatic heterocycles. The molecule has 0 aliphatic heterocycles. The smallest absolute Gasteiger partial charge is 0.0836 e. The molecule has 0 spiro atoms. The number of hydrogen-bond donors (Lipinski definition) is 1. The van der Waals surface area contributed by atoms with Crippen molar-refractivity contribution in [3.63, 3.8) is 0 Å². The van der Waals surface area contributed by atoms with Crippen LogP contribution in [-0.2, 0) is 6.42 Å². The van der Waals surface area contributed by atoms with Crippen LogP contribution in [0, 0.1) is 13.8 Å². The Kier molecular flexibility index (Phi) is 2.29. The molecule has 70 valence electrons. The molecule has 0 heterocycles. The van der Waals surface area contributed by atoms with Gasteiger partial charge in [0, 0.05) is 15.4 Å². The zero-order chi connectivity index (χ0) is 9.75. The normalized spacial score (nSPS) is 19.6. The molecule has 1 nitrogen and oxygen atoms in total. The first-order valence-corrected chi connectivity index (χ1v) is 5.77. The Labute approximate surface area is 94.4 Å². The third-order valence-electron chi connectivity index (χ3n) is 2.71. The highest BCUT2D eigenvalue weighted by atomic mass is 79.9. The van der Waals surface area contributed by atoms with Gasteiger partial charge in [-0.15, -0.1) is 0 Å². The van der Waals surface area contributed by atoms with Gasteiger partial charge >= 0.3 is 0 Å². The number of aliphatic hydroxyl groups excluding tert-OH is 1. The second-order valence-corrected chi connectivity index (χ2v) is 5.08. The number of hydrogen-bond acceptors (Lipinski definition) is 1. The van der Waals surface area contributed by atoms with Crippen molar-refractivity contribution in [1.29, 1.82) is 0 Å². The fourth-order valence-corrected chi connectivity index (χ4v) is 3.13. The molecule has 0 radical (unpaired) electrons. The fourth-order valence-electron chi connectivity index (χ4n) is 1.88. The molecule has 0 fully saturated rings. The Balaban J connectivity index is 2.75. The minimum atomic E-state index is -0.261. The lowest BCUT2D eigenvalue weighted by molar-refractivity contribution is 0.152. The molecular weight excluding hydrogens is 296 g/mol. The van der Waals surface area contributed by atoms with E-state index < -0.39 is 0 Å². The molecule has 1 unspecified atom stereocenters. The van der Waals surface area contributed by atoms with Crippen molar-refractivity contribution in [3.8, 4) is 0 Å². The predicted octanol–water partition coefficient (Wildman–Crippen LogP) is 3.42. The first kappa shape index (κ1) is 9.69. The predicted molar refractivity (Wildman–Crippen MR) is 60.0 cm³/mol. The largest absolute Gasteiger partial charge is 0.388 e. The highest BCUT2D eigenvalue weighted by Crippen LogP contribution is 2.45. The summed E-state index contributed by atoms with van der Waals surface area (Å²) < 4.78 is 2.25. The van der Waals surface area contributed by atoms with E-state index in [0.717, 1.165) is 20.9 Å². The van der Waals surface area contributed by atoms with Crippen molar-refractivity contribution in [1.82, 2.24) is 0 Å². The maximum absolute atomic E-state index is 9.58. The van der Waals surface area contributed by atoms with Gasteiger partial charge in [0.25, 0.3) is 0 Å². The summed E-state index contributed by atoms with van der Waals surface area (Å²) in [5.41, 5.74) is 4.77. The molecule has 1 aliphatic carbocycles. The molecule has 2 rings (SSSR count). The standard InChI is InChI=1S/C10H10Br2O/c1-4-8-6(3-7(8)13)10(12)5(2)9(4)11/h7,13H,3H2,1-2H3. The second kappa shape index (κ2) is 3.07. The van der Waals surface area contributed by atoms with Gasteiger partial charge in [-0.05, 0) is 36.1 Å². The van der Waals surface area contributed by atoms with Gasteiger partial charge in [0.05, 0.1) is 6.10 Å². The van der Waals surface area contributed by atoms with Crippen molar-refractivity contribution in [3.05, 3.63) is 31.2 Å². The van der Waals surface area contributed by atoms with E-state index in [0.29, 0.717) is 0 Å². The Bertz CT molecular complexity index is 362. The molecule has 0 saturated carbocycles. The molecular formula is C10H10Br2O. The number of rotatable bonds is 0. The van der Waals surface area contributed by atoms with E-state index >= 15 is 0 Å². The van der Waals surface area contributed by atoms with E-state index in [4.69, 9.17) is 0 Å². The van der Waals surface area contributed by atoms with Gasteiger partial charge in [-0.25, -0.2) is 0 Å². The van der Waals surface area contributed by atoms with Gasteiger partial charge < -0.3 is 5.11 Å². The van der Waals surface area contributed by atoms with Crippen molar-refractivity contribution in [2.24, 2.45) is 0 Å². The minimum Gasteiger partial charge on any atom is -0.388 e. The van der Waals surface area contributed by atoms with E-state index in [9.17, 15) is 5.11 Å². The fraction of sp³-hybridized carbons (Fsp3) is 0.400. The summed E-state index contributed by atoms with van der Waals surface area (Å²) in [7, 11) is 0. The Hall–Kier alpha value is 0.140. The van der Waals surface area contributed by atoms with Crippen LogP contribution >= 0.6 is 31.9 Å². The van der Waals surface area contributed by atoms with Crippen LogP contribution in [-0.4, -0.2) is 5.11 Å². The van der Waals surface area contributed by atoms with Crippen LogP contribution < -0.4 is 0 Å². The van der Waals surface area contributed by atoms with Crippen LogP contribution in [0.2, 0.25) is 0 Å². The maximum atomic E-state index is 9.58.